The molecule has 0 aliphatic carbocycles. The molecule has 0 aliphatic rings. The molecule has 92 valence electrons. The summed E-state index contributed by atoms with van der Waals surface area (Å²) in [6.45, 7) is 6.18. The van der Waals surface area contributed by atoms with Crippen LogP contribution in [-0.4, -0.2) is 10.6 Å². The first-order valence-corrected chi connectivity index (χ1v) is 6.04. The van der Waals surface area contributed by atoms with E-state index in [4.69, 9.17) is 5.73 Å². The maximum atomic E-state index is 13.7. The van der Waals surface area contributed by atoms with Gasteiger partial charge in [0.1, 0.15) is 5.82 Å². The highest BCUT2D eigenvalue weighted by molar-refractivity contribution is 5.82. The van der Waals surface area contributed by atoms with Crippen molar-refractivity contribution in [1.29, 1.82) is 0 Å². The lowest BCUT2D eigenvalue weighted by atomic mass is 10.2. The van der Waals surface area contributed by atoms with Gasteiger partial charge >= 0.3 is 0 Å². The molecule has 0 amide bonds. The van der Waals surface area contributed by atoms with E-state index in [9.17, 15) is 4.39 Å². The zero-order chi connectivity index (χ0) is 12.6. The second-order valence-corrected chi connectivity index (χ2v) is 4.95. The molecule has 0 bridgehead atoms. The lowest BCUT2D eigenvalue weighted by Gasteiger charge is -2.15. The summed E-state index contributed by atoms with van der Waals surface area (Å²) in [4.78, 5) is 0. The van der Waals surface area contributed by atoms with Crippen molar-refractivity contribution in [2.45, 2.75) is 39.3 Å². The van der Waals surface area contributed by atoms with Crippen LogP contribution in [0.3, 0.4) is 0 Å². The third-order valence-electron chi connectivity index (χ3n) is 2.96. The first-order valence-electron chi connectivity index (χ1n) is 6.04. The summed E-state index contributed by atoms with van der Waals surface area (Å²) in [7, 11) is 0. The van der Waals surface area contributed by atoms with Crippen LogP contribution in [0.15, 0.2) is 24.3 Å². The molecule has 1 aromatic carbocycles. The molecule has 0 saturated heterocycles. The summed E-state index contributed by atoms with van der Waals surface area (Å²) in [5.74, 6) is -0.159. The average Bonchev–Trinajstić information content (AvgIpc) is 2.56. The van der Waals surface area contributed by atoms with E-state index in [0.717, 1.165) is 17.6 Å². The highest BCUT2D eigenvalue weighted by atomic mass is 19.1. The van der Waals surface area contributed by atoms with Crippen molar-refractivity contribution in [3.63, 3.8) is 0 Å². The molecule has 1 aromatic heterocycles. The summed E-state index contributed by atoms with van der Waals surface area (Å²) in [5.41, 5.74) is 7.91. The molecule has 0 radical (unpaired) electrons. The van der Waals surface area contributed by atoms with Crippen LogP contribution in [0, 0.1) is 5.82 Å². The zero-order valence-electron chi connectivity index (χ0n) is 10.6. The lowest BCUT2D eigenvalue weighted by Crippen LogP contribution is -2.20. The molecule has 2 aromatic rings. The fourth-order valence-corrected chi connectivity index (χ4v) is 2.37. The number of halogens is 1. The minimum Gasteiger partial charge on any atom is -0.342 e. The smallest absolute Gasteiger partial charge is 0.132 e. The summed E-state index contributed by atoms with van der Waals surface area (Å²) < 4.78 is 15.9. The van der Waals surface area contributed by atoms with Crippen LogP contribution in [0.4, 0.5) is 4.39 Å². The minimum absolute atomic E-state index is 0.0832. The molecular weight excluding hydrogens is 215 g/mol. The van der Waals surface area contributed by atoms with Gasteiger partial charge in [-0.2, -0.15) is 0 Å². The van der Waals surface area contributed by atoms with Gasteiger partial charge in [0, 0.05) is 29.6 Å². The molecule has 3 heteroatoms. The Morgan fingerprint density at radius 2 is 2.00 bits per heavy atom. The zero-order valence-corrected chi connectivity index (χ0v) is 10.6. The molecule has 17 heavy (non-hydrogen) atoms. The van der Waals surface area contributed by atoms with E-state index in [1.807, 2.05) is 19.1 Å². The number of nitrogens with two attached hydrogens (primary N) is 1. The number of aromatic nitrogens is 1. The van der Waals surface area contributed by atoms with Crippen LogP contribution >= 0.6 is 0 Å². The van der Waals surface area contributed by atoms with Crippen LogP contribution in [0.25, 0.3) is 10.9 Å². The minimum atomic E-state index is -0.159. The van der Waals surface area contributed by atoms with Gasteiger partial charge < -0.3 is 10.3 Å². The van der Waals surface area contributed by atoms with Crippen LogP contribution in [0.5, 0.6) is 0 Å². The SMILES string of the molecule is CC(N)Cc1cc2c(F)cccc2n1C(C)C. The van der Waals surface area contributed by atoms with E-state index in [1.165, 1.54) is 6.07 Å². The number of rotatable bonds is 3. The van der Waals surface area contributed by atoms with Gasteiger partial charge in [0.2, 0.25) is 0 Å². The topological polar surface area (TPSA) is 30.9 Å². The summed E-state index contributed by atoms with van der Waals surface area (Å²) in [6, 6.07) is 7.54. The van der Waals surface area contributed by atoms with Gasteiger partial charge in [0.15, 0.2) is 0 Å². The van der Waals surface area contributed by atoms with E-state index < -0.39 is 0 Å². The van der Waals surface area contributed by atoms with E-state index in [2.05, 4.69) is 18.4 Å². The number of benzene rings is 1. The molecule has 1 unspecified atom stereocenters. The van der Waals surface area contributed by atoms with E-state index in [-0.39, 0.29) is 11.9 Å². The van der Waals surface area contributed by atoms with Gasteiger partial charge in [-0.25, -0.2) is 4.39 Å². The largest absolute Gasteiger partial charge is 0.342 e. The molecule has 2 nitrogen and oxygen atoms in total. The molecule has 0 aliphatic heterocycles. The average molecular weight is 234 g/mol. The number of hydrogen-bond donors (Lipinski definition) is 1. The standard InChI is InChI=1S/C14H19FN2/c1-9(2)17-11(7-10(3)16)8-12-13(15)5-4-6-14(12)17/h4-6,8-10H,7,16H2,1-3H3. The molecule has 0 fully saturated rings. The van der Waals surface area contributed by atoms with Crippen molar-refractivity contribution in [2.24, 2.45) is 5.73 Å². The monoisotopic (exact) mass is 234 g/mol. The van der Waals surface area contributed by atoms with Crippen molar-refractivity contribution < 1.29 is 4.39 Å². The van der Waals surface area contributed by atoms with Crippen molar-refractivity contribution in [2.75, 3.05) is 0 Å². The molecule has 1 heterocycles. The molecule has 2 N–H and O–H groups in total. The van der Waals surface area contributed by atoms with Gasteiger partial charge in [-0.05, 0) is 39.0 Å². The second kappa shape index (κ2) is 4.49. The molecule has 0 spiro atoms. The predicted molar refractivity (Wildman–Crippen MR) is 69.6 cm³/mol. The number of hydrogen-bond acceptors (Lipinski definition) is 1. The van der Waals surface area contributed by atoms with E-state index in [1.54, 1.807) is 6.07 Å². The second-order valence-electron chi connectivity index (χ2n) is 4.95. The Morgan fingerprint density at radius 1 is 1.29 bits per heavy atom. The van der Waals surface area contributed by atoms with Crippen LogP contribution < -0.4 is 5.73 Å². The fourth-order valence-electron chi connectivity index (χ4n) is 2.37. The van der Waals surface area contributed by atoms with Crippen LogP contribution in [-0.2, 0) is 6.42 Å². The van der Waals surface area contributed by atoms with E-state index >= 15 is 0 Å². The van der Waals surface area contributed by atoms with Gasteiger partial charge in [0.25, 0.3) is 0 Å². The Balaban J connectivity index is 2.66. The number of nitrogens with zero attached hydrogens (tertiary/aromatic N) is 1. The summed E-state index contributed by atoms with van der Waals surface area (Å²) >= 11 is 0. The highest BCUT2D eigenvalue weighted by Crippen LogP contribution is 2.26. The Bertz CT molecular complexity index is 526. The quantitative estimate of drug-likeness (QED) is 0.868. The Labute approximate surface area is 101 Å². The third-order valence-corrected chi connectivity index (χ3v) is 2.96. The summed E-state index contributed by atoms with van der Waals surface area (Å²) in [6.07, 6.45) is 0.770. The Kier molecular flexibility index (Phi) is 3.20. The molecule has 2 rings (SSSR count). The van der Waals surface area contributed by atoms with E-state index in [0.29, 0.717) is 11.4 Å². The lowest BCUT2D eigenvalue weighted by molar-refractivity contribution is 0.576. The van der Waals surface area contributed by atoms with Crippen LogP contribution in [0.1, 0.15) is 32.5 Å². The van der Waals surface area contributed by atoms with Crippen molar-refractivity contribution in [3.05, 3.63) is 35.8 Å². The first-order chi connectivity index (χ1) is 8.00. The maximum Gasteiger partial charge on any atom is 0.132 e. The fraction of sp³-hybridized carbons (Fsp3) is 0.429. The van der Waals surface area contributed by atoms with Gasteiger partial charge in [-0.1, -0.05) is 6.07 Å². The normalized spacial score (nSPS) is 13.5. The summed E-state index contributed by atoms with van der Waals surface area (Å²) in [5, 5.41) is 0.692. The molecule has 0 saturated carbocycles. The number of fused-ring (bicyclic) bond motifs is 1. The van der Waals surface area contributed by atoms with Crippen molar-refractivity contribution in [1.82, 2.24) is 4.57 Å². The van der Waals surface area contributed by atoms with Crippen LogP contribution in [0.2, 0.25) is 0 Å². The third kappa shape index (κ3) is 2.20. The van der Waals surface area contributed by atoms with Gasteiger partial charge in [0.05, 0.1) is 5.52 Å². The highest BCUT2D eigenvalue weighted by Gasteiger charge is 2.14. The maximum absolute atomic E-state index is 13.7. The predicted octanol–water partition coefficient (Wildman–Crippen LogP) is 3.25. The first kappa shape index (κ1) is 12.1. The Hall–Kier alpha value is -1.35. The molecular formula is C14H19FN2. The Morgan fingerprint density at radius 3 is 2.59 bits per heavy atom. The molecule has 1 atom stereocenters. The van der Waals surface area contributed by atoms with Gasteiger partial charge in [-0.3, -0.25) is 0 Å². The van der Waals surface area contributed by atoms with Gasteiger partial charge in [-0.15, -0.1) is 0 Å². The van der Waals surface area contributed by atoms with Crippen molar-refractivity contribution in [3.8, 4) is 0 Å². The van der Waals surface area contributed by atoms with Crippen molar-refractivity contribution >= 4 is 10.9 Å².